The zero-order chi connectivity index (χ0) is 19.4. The highest BCUT2D eigenvalue weighted by Gasteiger charge is 2.20. The first-order valence-corrected chi connectivity index (χ1v) is 9.45. The summed E-state index contributed by atoms with van der Waals surface area (Å²) in [5, 5.41) is 7.24. The number of carbonyl (C=O) groups is 2. The molecule has 9 heteroatoms. The molecular formula is C18H20N4O4S. The maximum Gasteiger partial charge on any atom is 0.317 e. The number of ether oxygens (including phenoxy) is 1. The first-order valence-electron chi connectivity index (χ1n) is 8.46. The van der Waals surface area contributed by atoms with Gasteiger partial charge in [-0.25, -0.2) is 9.67 Å². The van der Waals surface area contributed by atoms with Crippen LogP contribution in [0, 0.1) is 0 Å². The highest BCUT2D eigenvalue weighted by molar-refractivity contribution is 7.99. The monoisotopic (exact) mass is 388 g/mol. The summed E-state index contributed by atoms with van der Waals surface area (Å²) in [4.78, 5) is 28.5. The molecule has 0 spiro atoms. The quantitative estimate of drug-likeness (QED) is 0.490. The standard InChI is InChI=1S/C18H20N4O4S/c1-11(2)22-15(8-9-19-22)21-17(24)12(3)25-16(23)10-27-18-20-13-6-4-5-7-14(13)26-18/h4-9,11-12H,10H2,1-3H3,(H,21,24)/t12-/m0/s1. The van der Waals surface area contributed by atoms with Crippen LogP contribution in [0.5, 0.6) is 0 Å². The fraction of sp³-hybridized carbons (Fsp3) is 0.333. The summed E-state index contributed by atoms with van der Waals surface area (Å²) in [5.74, 6) is -0.396. The number of nitrogens with zero attached hydrogens (tertiary/aromatic N) is 3. The minimum absolute atomic E-state index is 0.00559. The molecule has 1 N–H and O–H groups in total. The lowest BCUT2D eigenvalue weighted by atomic mass is 10.3. The minimum Gasteiger partial charge on any atom is -0.452 e. The average Bonchev–Trinajstić information content (AvgIpc) is 3.26. The third-order valence-electron chi connectivity index (χ3n) is 3.68. The number of rotatable bonds is 7. The van der Waals surface area contributed by atoms with Gasteiger partial charge in [0, 0.05) is 12.1 Å². The van der Waals surface area contributed by atoms with Crippen molar-refractivity contribution in [3.8, 4) is 0 Å². The Morgan fingerprint density at radius 2 is 2.04 bits per heavy atom. The van der Waals surface area contributed by atoms with Crippen LogP contribution in [0.1, 0.15) is 26.8 Å². The second kappa shape index (κ2) is 8.26. The van der Waals surface area contributed by atoms with Crippen LogP contribution in [0.25, 0.3) is 11.1 Å². The molecule has 0 fully saturated rings. The summed E-state index contributed by atoms with van der Waals surface area (Å²) >= 11 is 1.12. The first kappa shape index (κ1) is 19.0. The van der Waals surface area contributed by atoms with Gasteiger partial charge in [-0.3, -0.25) is 9.59 Å². The number of fused-ring (bicyclic) bond motifs is 1. The lowest BCUT2D eigenvalue weighted by molar-refractivity contribution is -0.150. The van der Waals surface area contributed by atoms with Crippen molar-refractivity contribution < 1.29 is 18.7 Å². The molecule has 0 saturated heterocycles. The topological polar surface area (TPSA) is 99.2 Å². The van der Waals surface area contributed by atoms with E-state index in [0.29, 0.717) is 16.6 Å². The molecule has 1 atom stereocenters. The molecule has 1 aromatic carbocycles. The molecule has 0 aliphatic heterocycles. The highest BCUT2D eigenvalue weighted by Crippen LogP contribution is 2.23. The van der Waals surface area contributed by atoms with Gasteiger partial charge >= 0.3 is 5.97 Å². The molecule has 8 nitrogen and oxygen atoms in total. The van der Waals surface area contributed by atoms with E-state index in [4.69, 9.17) is 9.15 Å². The van der Waals surface area contributed by atoms with E-state index in [2.05, 4.69) is 15.4 Å². The van der Waals surface area contributed by atoms with Crippen molar-refractivity contribution in [3.63, 3.8) is 0 Å². The maximum absolute atomic E-state index is 12.2. The predicted octanol–water partition coefficient (Wildman–Crippen LogP) is 3.27. The molecule has 142 valence electrons. The van der Waals surface area contributed by atoms with Crippen LogP contribution >= 0.6 is 11.8 Å². The fourth-order valence-electron chi connectivity index (χ4n) is 2.37. The maximum atomic E-state index is 12.2. The van der Waals surface area contributed by atoms with Gasteiger partial charge in [0.05, 0.1) is 6.20 Å². The largest absolute Gasteiger partial charge is 0.452 e. The van der Waals surface area contributed by atoms with Crippen molar-refractivity contribution in [3.05, 3.63) is 36.5 Å². The summed E-state index contributed by atoms with van der Waals surface area (Å²) in [7, 11) is 0. The van der Waals surface area contributed by atoms with E-state index in [0.717, 1.165) is 17.3 Å². The number of esters is 1. The van der Waals surface area contributed by atoms with Crippen molar-refractivity contribution in [1.29, 1.82) is 0 Å². The molecule has 1 amide bonds. The minimum atomic E-state index is -0.933. The molecule has 2 heterocycles. The van der Waals surface area contributed by atoms with Crippen molar-refractivity contribution in [2.24, 2.45) is 0 Å². The summed E-state index contributed by atoms with van der Waals surface area (Å²) < 4.78 is 12.4. The van der Waals surface area contributed by atoms with Gasteiger partial charge in [-0.1, -0.05) is 23.9 Å². The number of oxazole rings is 1. The van der Waals surface area contributed by atoms with Crippen LogP contribution in [0.15, 0.2) is 46.2 Å². The fourth-order valence-corrected chi connectivity index (χ4v) is 2.99. The Hall–Kier alpha value is -2.81. The Kier molecular flexibility index (Phi) is 5.80. The summed E-state index contributed by atoms with van der Waals surface area (Å²) in [6.45, 7) is 5.43. The lowest BCUT2D eigenvalue weighted by Gasteiger charge is -2.15. The van der Waals surface area contributed by atoms with Crippen molar-refractivity contribution in [2.45, 2.75) is 38.1 Å². The summed E-state index contributed by atoms with van der Waals surface area (Å²) in [6.07, 6.45) is 0.667. The summed E-state index contributed by atoms with van der Waals surface area (Å²) in [5.41, 5.74) is 1.38. The number of benzene rings is 1. The Bertz CT molecular complexity index is 917. The first-order chi connectivity index (χ1) is 12.9. The summed E-state index contributed by atoms with van der Waals surface area (Å²) in [6, 6.07) is 9.13. The Labute approximate surface area is 160 Å². The van der Waals surface area contributed by atoms with E-state index in [1.165, 1.54) is 6.92 Å². The highest BCUT2D eigenvalue weighted by atomic mass is 32.2. The Balaban J connectivity index is 1.50. The smallest absolute Gasteiger partial charge is 0.317 e. The van der Waals surface area contributed by atoms with Crippen LogP contribution in [0.4, 0.5) is 5.82 Å². The second-order valence-electron chi connectivity index (χ2n) is 6.11. The zero-order valence-electron chi connectivity index (χ0n) is 15.2. The number of amides is 1. The van der Waals surface area contributed by atoms with Gasteiger partial charge in [0.2, 0.25) is 0 Å². The number of hydrogen-bond acceptors (Lipinski definition) is 7. The molecule has 0 bridgehead atoms. The van der Waals surface area contributed by atoms with Crippen molar-refractivity contribution in [2.75, 3.05) is 11.1 Å². The van der Waals surface area contributed by atoms with Crippen LogP contribution in [0.2, 0.25) is 0 Å². The van der Waals surface area contributed by atoms with E-state index in [1.807, 2.05) is 32.0 Å². The molecule has 3 aromatic rings. The lowest BCUT2D eigenvalue weighted by Crippen LogP contribution is -2.31. The SMILES string of the molecule is CC(C)n1nccc1NC(=O)[C@H](C)OC(=O)CSc1nc2ccccc2o1. The number of hydrogen-bond donors (Lipinski definition) is 1. The van der Waals surface area contributed by atoms with Crippen LogP contribution in [-0.2, 0) is 14.3 Å². The number of aromatic nitrogens is 3. The van der Waals surface area contributed by atoms with E-state index < -0.39 is 18.0 Å². The molecule has 0 aliphatic rings. The molecular weight excluding hydrogens is 368 g/mol. The predicted molar refractivity (Wildman–Crippen MR) is 102 cm³/mol. The molecule has 0 radical (unpaired) electrons. The number of nitrogens with one attached hydrogen (secondary N) is 1. The Morgan fingerprint density at radius 3 is 2.78 bits per heavy atom. The third-order valence-corrected chi connectivity index (χ3v) is 4.48. The van der Waals surface area contributed by atoms with Gasteiger partial charge in [0.25, 0.3) is 11.1 Å². The molecule has 0 unspecified atom stereocenters. The second-order valence-corrected chi connectivity index (χ2v) is 7.04. The molecule has 2 aromatic heterocycles. The molecule has 27 heavy (non-hydrogen) atoms. The van der Waals surface area contributed by atoms with Crippen molar-refractivity contribution >= 4 is 40.6 Å². The number of para-hydroxylation sites is 2. The van der Waals surface area contributed by atoms with E-state index in [9.17, 15) is 9.59 Å². The van der Waals surface area contributed by atoms with Gasteiger partial charge in [0.15, 0.2) is 11.7 Å². The van der Waals surface area contributed by atoms with E-state index in [1.54, 1.807) is 23.0 Å². The third kappa shape index (κ3) is 4.68. The van der Waals surface area contributed by atoms with E-state index >= 15 is 0 Å². The molecule has 0 saturated carbocycles. The number of thioether (sulfide) groups is 1. The van der Waals surface area contributed by atoms with Gasteiger partial charge < -0.3 is 14.5 Å². The normalized spacial score (nSPS) is 12.3. The zero-order valence-corrected chi connectivity index (χ0v) is 16.0. The van der Waals surface area contributed by atoms with Crippen molar-refractivity contribution in [1.82, 2.24) is 14.8 Å². The van der Waals surface area contributed by atoms with Crippen LogP contribution in [0.3, 0.4) is 0 Å². The Morgan fingerprint density at radius 1 is 1.26 bits per heavy atom. The number of anilines is 1. The van der Waals surface area contributed by atoms with Gasteiger partial charge in [-0.15, -0.1) is 0 Å². The molecule has 0 aliphatic carbocycles. The van der Waals surface area contributed by atoms with Crippen LogP contribution in [-0.4, -0.2) is 38.5 Å². The van der Waals surface area contributed by atoms with E-state index in [-0.39, 0.29) is 11.8 Å². The van der Waals surface area contributed by atoms with Gasteiger partial charge in [-0.05, 0) is 32.9 Å². The van der Waals surface area contributed by atoms with Gasteiger partial charge in [-0.2, -0.15) is 5.10 Å². The average molecular weight is 388 g/mol. The number of carbonyl (C=O) groups excluding carboxylic acids is 2. The van der Waals surface area contributed by atoms with Gasteiger partial charge in [0.1, 0.15) is 17.1 Å². The van der Waals surface area contributed by atoms with Crippen LogP contribution < -0.4 is 5.32 Å². The molecule has 3 rings (SSSR count).